The molecule has 5 fully saturated rings. The van der Waals surface area contributed by atoms with Crippen LogP contribution in [0.4, 0.5) is 0 Å². The van der Waals surface area contributed by atoms with Crippen molar-refractivity contribution >= 4 is 11.9 Å². The van der Waals surface area contributed by atoms with E-state index < -0.39 is 58.5 Å². The Morgan fingerprint density at radius 2 is 2.08 bits per heavy atom. The van der Waals surface area contributed by atoms with Gasteiger partial charge in [0.1, 0.15) is 5.60 Å². The number of aliphatic carboxylic acids is 1. The van der Waals surface area contributed by atoms with E-state index in [0.717, 1.165) is 0 Å². The van der Waals surface area contributed by atoms with Gasteiger partial charge in [-0.3, -0.25) is 4.79 Å². The number of carboxylic acids is 1. The quantitative estimate of drug-likeness (QED) is 0.534. The number of carbonyl (C=O) groups excluding carboxylic acids is 2. The number of aliphatic hydroxyl groups is 3. The van der Waals surface area contributed by atoms with Gasteiger partial charge in [0.15, 0.2) is 0 Å². The summed E-state index contributed by atoms with van der Waals surface area (Å²) in [6, 6.07) is 0. The van der Waals surface area contributed by atoms with Gasteiger partial charge in [0.25, 0.3) is 0 Å². The second-order valence-corrected chi connectivity index (χ2v) is 9.66. The summed E-state index contributed by atoms with van der Waals surface area (Å²) in [7, 11) is 0. The highest BCUT2D eigenvalue weighted by Gasteiger charge is 2.83. The van der Waals surface area contributed by atoms with E-state index in [0.29, 0.717) is 32.1 Å². The Hall–Kier alpha value is -1.18. The van der Waals surface area contributed by atoms with Crippen LogP contribution in [0.2, 0.25) is 0 Å². The largest absolute Gasteiger partial charge is 0.550 e. The molecule has 4 saturated carbocycles. The van der Waals surface area contributed by atoms with Crippen LogP contribution in [0.3, 0.4) is 0 Å². The van der Waals surface area contributed by atoms with E-state index in [-0.39, 0.29) is 18.3 Å². The molecule has 1 aliphatic heterocycles. The number of carboxylic acid groups (broad SMARTS) is 1. The number of fused-ring (bicyclic) bond motifs is 1. The smallest absolute Gasteiger partial charge is 0.315 e. The molecule has 9 atom stereocenters. The Kier molecular flexibility index (Phi) is 3.01. The summed E-state index contributed by atoms with van der Waals surface area (Å²) in [6.45, 7) is 1.23. The molecule has 0 aromatic heterocycles. The molecule has 4 aliphatic carbocycles. The van der Waals surface area contributed by atoms with Crippen molar-refractivity contribution in [1.29, 1.82) is 0 Å². The van der Waals surface area contributed by atoms with E-state index in [2.05, 4.69) is 0 Å². The van der Waals surface area contributed by atoms with Gasteiger partial charge in [-0.25, -0.2) is 0 Å². The Bertz CT molecular complexity index is 708. The second-order valence-electron chi connectivity index (χ2n) is 9.66. The maximum Gasteiger partial charge on any atom is 0.315 e. The second kappa shape index (κ2) is 4.62. The molecule has 0 unspecified atom stereocenters. The minimum atomic E-state index is -1.30. The maximum atomic E-state index is 12.7. The number of carbonyl (C=O) groups is 2. The molecule has 7 heteroatoms. The summed E-state index contributed by atoms with van der Waals surface area (Å²) in [4.78, 5) is 25.1. The molecule has 1 spiro atoms. The van der Waals surface area contributed by atoms with Crippen LogP contribution in [0.5, 0.6) is 0 Å². The number of aliphatic hydroxyl groups excluding tert-OH is 2. The van der Waals surface area contributed by atoms with E-state index in [1.54, 1.807) is 6.92 Å². The standard InChI is InChI=1S/C19H26O7/c1-16-11(21)4-5-19(26-15(16)24)10-3-2-9-6-17(10,7-18(9,25)8-20)12(13(16)19)14(22)23/h9-13,20-21,25H,2-8H2,1H3,(H,22,23)/p-1/t9-,10-,11+,12-,13-,16+,17-,18+,19-/m1/s1. The van der Waals surface area contributed by atoms with Crippen molar-refractivity contribution in [3.63, 3.8) is 0 Å². The van der Waals surface area contributed by atoms with Crippen molar-refractivity contribution in [2.75, 3.05) is 6.61 Å². The fourth-order valence-electron chi connectivity index (χ4n) is 8.08. The Balaban J connectivity index is 1.73. The van der Waals surface area contributed by atoms with Crippen molar-refractivity contribution in [2.45, 2.75) is 62.8 Å². The minimum absolute atomic E-state index is 0.158. The molecule has 144 valence electrons. The lowest BCUT2D eigenvalue weighted by molar-refractivity contribution is -0.318. The normalized spacial score (nSPS) is 59.7. The topological polar surface area (TPSA) is 127 Å². The lowest BCUT2D eigenvalue weighted by atomic mass is 9.59. The summed E-state index contributed by atoms with van der Waals surface area (Å²) in [5.41, 5.74) is -4.21. The lowest BCUT2D eigenvalue weighted by Crippen LogP contribution is -2.55. The summed E-state index contributed by atoms with van der Waals surface area (Å²) in [5, 5.41) is 43.7. The molecule has 0 aromatic rings. The Labute approximate surface area is 151 Å². The first-order valence-electron chi connectivity index (χ1n) is 9.61. The molecule has 3 N–H and O–H groups in total. The summed E-state index contributed by atoms with van der Waals surface area (Å²) >= 11 is 0. The fourth-order valence-corrected chi connectivity index (χ4v) is 8.08. The van der Waals surface area contributed by atoms with Gasteiger partial charge in [-0.2, -0.15) is 0 Å². The SMILES string of the molecule is C[C@]12C(=O)O[C@]3(CC[C@@H]1O)[C@@H]1CC[C@@H]4C[C@]1(C[C@]4(O)CO)[C@@H](C(=O)[O-])[C@@H]32. The van der Waals surface area contributed by atoms with Crippen molar-refractivity contribution in [3.05, 3.63) is 0 Å². The minimum Gasteiger partial charge on any atom is -0.550 e. The van der Waals surface area contributed by atoms with Crippen molar-refractivity contribution in [3.8, 4) is 0 Å². The van der Waals surface area contributed by atoms with Gasteiger partial charge in [0.05, 0.1) is 23.7 Å². The predicted molar refractivity (Wildman–Crippen MR) is 84.1 cm³/mol. The van der Waals surface area contributed by atoms with Gasteiger partial charge >= 0.3 is 5.97 Å². The number of esters is 1. The molecule has 1 heterocycles. The average Bonchev–Trinajstić information content (AvgIpc) is 3.04. The van der Waals surface area contributed by atoms with E-state index in [9.17, 15) is 30.0 Å². The highest BCUT2D eigenvalue weighted by molar-refractivity contribution is 5.85. The Morgan fingerprint density at radius 3 is 2.73 bits per heavy atom. The molecule has 0 amide bonds. The lowest BCUT2D eigenvalue weighted by Gasteiger charge is -2.44. The van der Waals surface area contributed by atoms with E-state index in [4.69, 9.17) is 4.74 Å². The fraction of sp³-hybridized carbons (Fsp3) is 0.895. The van der Waals surface area contributed by atoms with Gasteiger partial charge in [-0.1, -0.05) is 0 Å². The van der Waals surface area contributed by atoms with Crippen LogP contribution in [-0.2, 0) is 14.3 Å². The van der Waals surface area contributed by atoms with Crippen LogP contribution in [0.1, 0.15) is 45.4 Å². The van der Waals surface area contributed by atoms with E-state index in [1.165, 1.54) is 0 Å². The molecule has 26 heavy (non-hydrogen) atoms. The molecular weight excluding hydrogens is 340 g/mol. The number of hydrogen-bond acceptors (Lipinski definition) is 7. The van der Waals surface area contributed by atoms with Gasteiger partial charge in [0.2, 0.25) is 0 Å². The Morgan fingerprint density at radius 1 is 1.35 bits per heavy atom. The summed E-state index contributed by atoms with van der Waals surface area (Å²) < 4.78 is 5.93. The first-order valence-corrected chi connectivity index (χ1v) is 9.61. The zero-order valence-electron chi connectivity index (χ0n) is 14.8. The van der Waals surface area contributed by atoms with E-state index >= 15 is 0 Å². The number of rotatable bonds is 2. The van der Waals surface area contributed by atoms with Crippen LogP contribution in [0, 0.1) is 34.5 Å². The molecule has 7 nitrogen and oxygen atoms in total. The number of hydrogen-bond donors (Lipinski definition) is 3. The molecule has 5 rings (SSSR count). The zero-order chi connectivity index (χ0) is 18.7. The highest BCUT2D eigenvalue weighted by Crippen LogP contribution is 2.78. The van der Waals surface area contributed by atoms with Gasteiger partial charge in [-0.15, -0.1) is 0 Å². The summed E-state index contributed by atoms with van der Waals surface area (Å²) in [6.07, 6.45) is 1.92. The molecule has 1 saturated heterocycles. The van der Waals surface area contributed by atoms with Crippen LogP contribution in [0.15, 0.2) is 0 Å². The summed E-state index contributed by atoms with van der Waals surface area (Å²) in [5.74, 6) is -3.70. The molecule has 4 bridgehead atoms. The third-order valence-electron chi connectivity index (χ3n) is 8.99. The van der Waals surface area contributed by atoms with Crippen molar-refractivity contribution in [2.24, 2.45) is 34.5 Å². The molecular formula is C19H25O7-. The van der Waals surface area contributed by atoms with Crippen molar-refractivity contribution < 1.29 is 34.8 Å². The van der Waals surface area contributed by atoms with Crippen LogP contribution in [0.25, 0.3) is 0 Å². The molecule has 0 aromatic carbocycles. The van der Waals surface area contributed by atoms with Crippen LogP contribution < -0.4 is 5.11 Å². The third kappa shape index (κ3) is 1.51. The van der Waals surface area contributed by atoms with Gasteiger partial charge in [0, 0.05) is 23.7 Å². The third-order valence-corrected chi connectivity index (χ3v) is 8.99. The van der Waals surface area contributed by atoms with E-state index in [1.807, 2.05) is 0 Å². The highest BCUT2D eigenvalue weighted by atomic mass is 16.6. The first kappa shape index (κ1) is 17.0. The average molecular weight is 365 g/mol. The molecule has 0 radical (unpaired) electrons. The van der Waals surface area contributed by atoms with Crippen molar-refractivity contribution in [1.82, 2.24) is 0 Å². The van der Waals surface area contributed by atoms with Crippen LogP contribution in [-0.4, -0.2) is 51.2 Å². The first-order chi connectivity index (χ1) is 12.2. The van der Waals surface area contributed by atoms with Gasteiger partial charge in [-0.05, 0) is 56.8 Å². The maximum absolute atomic E-state index is 12.7. The number of ether oxygens (including phenoxy) is 1. The monoisotopic (exact) mass is 365 g/mol. The zero-order valence-corrected chi connectivity index (χ0v) is 14.8. The van der Waals surface area contributed by atoms with Gasteiger partial charge < -0.3 is 30.0 Å². The van der Waals surface area contributed by atoms with Crippen LogP contribution >= 0.6 is 0 Å². The molecule has 5 aliphatic rings. The predicted octanol–water partition coefficient (Wildman–Crippen LogP) is -1.03.